The number of nitrogens with one attached hydrogen (secondary N) is 1. The van der Waals surface area contributed by atoms with Crippen molar-refractivity contribution in [1.82, 2.24) is 15.2 Å². The second kappa shape index (κ2) is 14.0. The van der Waals surface area contributed by atoms with Crippen molar-refractivity contribution in [1.29, 1.82) is 0 Å². The van der Waals surface area contributed by atoms with Crippen molar-refractivity contribution in [3.63, 3.8) is 0 Å². The van der Waals surface area contributed by atoms with Crippen LogP contribution in [0, 0.1) is 35.2 Å². The number of aromatic nitrogens is 1. The van der Waals surface area contributed by atoms with E-state index in [2.05, 4.69) is 29.4 Å². The molecule has 3 N–H and O–H groups in total. The fraction of sp³-hybridized carbons (Fsp3) is 0.351. The van der Waals surface area contributed by atoms with E-state index in [4.69, 9.17) is 10.5 Å². The largest absolute Gasteiger partial charge is 0.444 e. The lowest BCUT2D eigenvalue weighted by Crippen LogP contribution is -2.48. The summed E-state index contributed by atoms with van der Waals surface area (Å²) in [6.45, 7) is 7.63. The molecular formula is C37H39F3N4O4. The van der Waals surface area contributed by atoms with Gasteiger partial charge in [0.15, 0.2) is 0 Å². The van der Waals surface area contributed by atoms with Crippen LogP contribution in [0.15, 0.2) is 79.0 Å². The first-order valence-corrected chi connectivity index (χ1v) is 15.8. The maximum absolute atomic E-state index is 14.4. The van der Waals surface area contributed by atoms with Crippen LogP contribution in [0.3, 0.4) is 0 Å². The number of nitrogens with zero attached hydrogens (tertiary/aromatic N) is 2. The van der Waals surface area contributed by atoms with E-state index in [-0.39, 0.29) is 35.3 Å². The van der Waals surface area contributed by atoms with Crippen LogP contribution < -0.4 is 11.1 Å². The number of benzene rings is 2. The molecule has 0 radical (unpaired) electrons. The summed E-state index contributed by atoms with van der Waals surface area (Å²) >= 11 is 0. The second-order valence-corrected chi connectivity index (χ2v) is 13.4. The number of allylic oxidation sites excluding steroid dienone is 4. The molecule has 2 heterocycles. The van der Waals surface area contributed by atoms with E-state index in [0.717, 1.165) is 24.3 Å². The Kier molecular flexibility index (Phi) is 10.1. The Morgan fingerprint density at radius 1 is 1.04 bits per heavy atom. The van der Waals surface area contributed by atoms with Gasteiger partial charge in [-0.05, 0) is 92.8 Å². The fourth-order valence-electron chi connectivity index (χ4n) is 6.51. The number of rotatable bonds is 8. The average molecular weight is 661 g/mol. The van der Waals surface area contributed by atoms with Gasteiger partial charge in [-0.3, -0.25) is 19.5 Å². The molecule has 11 heteroatoms. The molecule has 2 aliphatic rings. The van der Waals surface area contributed by atoms with Gasteiger partial charge in [0, 0.05) is 24.4 Å². The molecule has 0 saturated carbocycles. The number of carbonyl (C=O) groups is 3. The number of amides is 3. The number of halogens is 3. The first-order valence-electron chi connectivity index (χ1n) is 15.8. The van der Waals surface area contributed by atoms with E-state index in [1.54, 1.807) is 32.9 Å². The van der Waals surface area contributed by atoms with E-state index < -0.39 is 53.0 Å². The zero-order chi connectivity index (χ0) is 34.7. The number of primary amides is 1. The smallest absolute Gasteiger partial charge is 0.410 e. The summed E-state index contributed by atoms with van der Waals surface area (Å²) in [5, 5.41) is 3.01. The van der Waals surface area contributed by atoms with Crippen LogP contribution in [-0.4, -0.2) is 46.0 Å². The molecule has 5 unspecified atom stereocenters. The monoisotopic (exact) mass is 660 g/mol. The highest BCUT2D eigenvalue weighted by Crippen LogP contribution is 2.38. The summed E-state index contributed by atoms with van der Waals surface area (Å²) < 4.78 is 48.8. The van der Waals surface area contributed by atoms with E-state index >= 15 is 0 Å². The van der Waals surface area contributed by atoms with Crippen LogP contribution >= 0.6 is 0 Å². The van der Waals surface area contributed by atoms with Crippen LogP contribution in [0.4, 0.5) is 18.0 Å². The van der Waals surface area contributed by atoms with Crippen LogP contribution in [0.25, 0.3) is 11.1 Å². The lowest BCUT2D eigenvalue weighted by atomic mass is 9.79. The Morgan fingerprint density at radius 2 is 1.75 bits per heavy atom. The Labute approximate surface area is 277 Å². The third kappa shape index (κ3) is 7.95. The third-order valence-electron chi connectivity index (χ3n) is 8.66. The quantitative estimate of drug-likeness (QED) is 0.280. The van der Waals surface area contributed by atoms with Gasteiger partial charge < -0.3 is 15.8 Å². The normalized spacial score (nSPS) is 21.2. The summed E-state index contributed by atoms with van der Waals surface area (Å²) in [6, 6.07) is 8.35. The summed E-state index contributed by atoms with van der Waals surface area (Å²) in [7, 11) is 0. The Morgan fingerprint density at radius 3 is 2.42 bits per heavy atom. The zero-order valence-electron chi connectivity index (χ0n) is 27.3. The first kappa shape index (κ1) is 34.4. The lowest BCUT2D eigenvalue weighted by Gasteiger charge is -2.30. The topological polar surface area (TPSA) is 115 Å². The number of nitrogens with two attached hydrogens (primary N) is 1. The molecular weight excluding hydrogens is 621 g/mol. The van der Waals surface area contributed by atoms with Crippen molar-refractivity contribution in [2.24, 2.45) is 23.5 Å². The molecule has 48 heavy (non-hydrogen) atoms. The van der Waals surface area contributed by atoms with Crippen LogP contribution in [-0.2, 0) is 16.0 Å². The van der Waals surface area contributed by atoms with Crippen molar-refractivity contribution in [2.45, 2.75) is 58.2 Å². The van der Waals surface area contributed by atoms with Crippen molar-refractivity contribution in [3.05, 3.63) is 113 Å². The maximum atomic E-state index is 14.4. The zero-order valence-corrected chi connectivity index (χ0v) is 27.3. The van der Waals surface area contributed by atoms with Crippen LogP contribution in [0.1, 0.15) is 61.8 Å². The molecule has 0 spiro atoms. The van der Waals surface area contributed by atoms with E-state index in [9.17, 15) is 27.6 Å². The molecule has 1 aliphatic carbocycles. The van der Waals surface area contributed by atoms with Gasteiger partial charge in [-0.1, -0.05) is 43.4 Å². The van der Waals surface area contributed by atoms with E-state index in [0.29, 0.717) is 29.8 Å². The standard InChI is InChI=1S/C37H39F3N4O4/c1-21-8-5-6-9-27(21)24-18-32(44(20-24)36(47)48-37(2,3)4)35(46)43-31(16-22-14-25(38)19-26(39)15-22)33-28(10-7-13-42-33)23-11-12-30(40)29(17-23)34(41)45/h5-15,17,19,21,24,27,31-32H,16,18,20H2,1-4H3,(H2,41,45)(H,43,46). The predicted molar refractivity (Wildman–Crippen MR) is 175 cm³/mol. The Bertz CT molecular complexity index is 1750. The minimum atomic E-state index is -0.965. The molecule has 5 atom stereocenters. The van der Waals surface area contributed by atoms with Gasteiger partial charge in [0.05, 0.1) is 17.3 Å². The summed E-state index contributed by atoms with van der Waals surface area (Å²) in [5.74, 6) is -3.61. The highest BCUT2D eigenvalue weighted by Gasteiger charge is 2.45. The number of hydrogen-bond acceptors (Lipinski definition) is 5. The molecule has 1 saturated heterocycles. The van der Waals surface area contributed by atoms with Crippen molar-refractivity contribution >= 4 is 17.9 Å². The van der Waals surface area contributed by atoms with Crippen molar-refractivity contribution in [3.8, 4) is 11.1 Å². The van der Waals surface area contributed by atoms with Crippen molar-refractivity contribution < 1.29 is 32.3 Å². The highest BCUT2D eigenvalue weighted by atomic mass is 19.1. The van der Waals surface area contributed by atoms with Gasteiger partial charge in [0.1, 0.15) is 29.1 Å². The summed E-state index contributed by atoms with van der Waals surface area (Å²) in [5.41, 5.74) is 5.63. The van der Waals surface area contributed by atoms with Gasteiger partial charge in [-0.15, -0.1) is 0 Å². The SMILES string of the molecule is CC1C=CC=CC1C1CC(C(=O)NC(Cc2cc(F)cc(F)c2)c2ncccc2-c2ccc(F)c(C(N)=O)c2)N(C(=O)OC(C)(C)C)C1. The molecule has 252 valence electrons. The second-order valence-electron chi connectivity index (χ2n) is 13.4. The molecule has 5 rings (SSSR count). The molecule has 8 nitrogen and oxygen atoms in total. The summed E-state index contributed by atoms with van der Waals surface area (Å²) in [6.07, 6.45) is 9.26. The van der Waals surface area contributed by atoms with Crippen LogP contribution in [0.5, 0.6) is 0 Å². The van der Waals surface area contributed by atoms with Gasteiger partial charge in [0.25, 0.3) is 5.91 Å². The molecule has 2 aromatic carbocycles. The third-order valence-corrected chi connectivity index (χ3v) is 8.66. The average Bonchev–Trinajstić information content (AvgIpc) is 3.46. The van der Waals surface area contributed by atoms with Gasteiger partial charge in [-0.2, -0.15) is 0 Å². The minimum absolute atomic E-state index is 0.0444. The van der Waals surface area contributed by atoms with Crippen molar-refractivity contribution in [2.75, 3.05) is 6.54 Å². The fourth-order valence-corrected chi connectivity index (χ4v) is 6.51. The maximum Gasteiger partial charge on any atom is 0.410 e. The van der Waals surface area contributed by atoms with Gasteiger partial charge in [-0.25, -0.2) is 18.0 Å². The Hall–Kier alpha value is -4.93. The van der Waals surface area contributed by atoms with Gasteiger partial charge in [0.2, 0.25) is 5.91 Å². The minimum Gasteiger partial charge on any atom is -0.444 e. The number of ether oxygens (including phenoxy) is 1. The highest BCUT2D eigenvalue weighted by molar-refractivity contribution is 5.94. The first-order chi connectivity index (χ1) is 22.7. The van der Waals surface area contributed by atoms with Crippen LogP contribution in [0.2, 0.25) is 0 Å². The molecule has 3 amide bonds. The molecule has 1 aromatic heterocycles. The number of carbonyl (C=O) groups excluding carboxylic acids is 3. The van der Waals surface area contributed by atoms with E-state index in [1.807, 2.05) is 12.2 Å². The predicted octanol–water partition coefficient (Wildman–Crippen LogP) is 6.67. The number of pyridine rings is 1. The molecule has 1 aliphatic heterocycles. The summed E-state index contributed by atoms with van der Waals surface area (Å²) in [4.78, 5) is 45.7. The number of hydrogen-bond donors (Lipinski definition) is 2. The molecule has 0 bridgehead atoms. The lowest BCUT2D eigenvalue weighted by molar-refractivity contribution is -0.126. The van der Waals surface area contributed by atoms with Gasteiger partial charge >= 0.3 is 6.09 Å². The Balaban J connectivity index is 1.53. The molecule has 3 aromatic rings. The molecule has 1 fully saturated rings. The van der Waals surface area contributed by atoms with E-state index in [1.165, 1.54) is 23.2 Å². The number of likely N-dealkylation sites (tertiary alicyclic amines) is 1.